The number of fused-ring (bicyclic) bond motifs is 11. The van der Waals surface area contributed by atoms with Crippen LogP contribution in [0.1, 0.15) is 25.0 Å². The molecule has 0 fully saturated rings. The van der Waals surface area contributed by atoms with Crippen LogP contribution in [0, 0.1) is 0 Å². The van der Waals surface area contributed by atoms with E-state index in [1.807, 2.05) is 0 Å². The van der Waals surface area contributed by atoms with Crippen molar-refractivity contribution in [1.82, 2.24) is 0 Å². The molecule has 0 saturated heterocycles. The number of rotatable bonds is 2. The fourth-order valence-corrected chi connectivity index (χ4v) is 8.46. The van der Waals surface area contributed by atoms with Gasteiger partial charge < -0.3 is 0 Å². The van der Waals surface area contributed by atoms with E-state index in [2.05, 4.69) is 172 Å². The normalized spacial score (nSPS) is 13.5. The van der Waals surface area contributed by atoms with E-state index in [1.165, 1.54) is 98.4 Å². The van der Waals surface area contributed by atoms with Gasteiger partial charge in [-0.15, -0.1) is 0 Å². The Morgan fingerprint density at radius 2 is 0.809 bits per heavy atom. The average molecular weight is 597 g/mol. The first kappa shape index (κ1) is 26.5. The van der Waals surface area contributed by atoms with Gasteiger partial charge >= 0.3 is 0 Å². The van der Waals surface area contributed by atoms with E-state index in [9.17, 15) is 0 Å². The Kier molecular flexibility index (Phi) is 5.44. The highest BCUT2D eigenvalue weighted by molar-refractivity contribution is 6.16. The van der Waals surface area contributed by atoms with E-state index in [0.29, 0.717) is 0 Å². The first-order valence-corrected chi connectivity index (χ1v) is 16.6. The molecule has 0 aromatic heterocycles. The van der Waals surface area contributed by atoms with Crippen molar-refractivity contribution in [2.75, 3.05) is 0 Å². The van der Waals surface area contributed by atoms with E-state index >= 15 is 0 Å². The lowest BCUT2D eigenvalue weighted by Gasteiger charge is -2.23. The van der Waals surface area contributed by atoms with Gasteiger partial charge in [0.25, 0.3) is 0 Å². The minimum absolute atomic E-state index is 0.0954. The zero-order valence-electron chi connectivity index (χ0n) is 26.5. The highest BCUT2D eigenvalue weighted by Gasteiger charge is 2.38. The molecule has 1 aliphatic rings. The second kappa shape index (κ2) is 9.64. The molecule has 0 spiro atoms. The Bertz CT molecular complexity index is 2760. The van der Waals surface area contributed by atoms with Crippen LogP contribution in [0.4, 0.5) is 0 Å². The zero-order valence-corrected chi connectivity index (χ0v) is 26.5. The molecular weight excluding hydrogens is 565 g/mol. The first-order chi connectivity index (χ1) is 23.1. The molecule has 0 unspecified atom stereocenters. The van der Waals surface area contributed by atoms with Gasteiger partial charge in [-0.3, -0.25) is 0 Å². The second-order valence-electron chi connectivity index (χ2n) is 13.7. The number of hydrogen-bond acceptors (Lipinski definition) is 0. The van der Waals surface area contributed by atoms with Crippen LogP contribution in [-0.4, -0.2) is 0 Å². The van der Waals surface area contributed by atoms with Gasteiger partial charge in [-0.25, -0.2) is 0 Å². The Balaban J connectivity index is 1.16. The van der Waals surface area contributed by atoms with Crippen molar-refractivity contribution in [3.63, 3.8) is 0 Å². The lowest BCUT2D eigenvalue weighted by atomic mass is 9.80. The van der Waals surface area contributed by atoms with Crippen LogP contribution in [0.2, 0.25) is 0 Å². The standard InChI is InChI=1S/C47H32/c1-47(2)43-24-23-29-11-3-6-14-36(29)45(43)46-40-18-10-9-17-39(40)42(28-44(46)47)34-22-20-30-25-33(21-19-31(30)26-34)41-27-32-12-4-5-13-35(32)37-15-7-8-16-38(37)41/h3-28H,1-2H3. The summed E-state index contributed by atoms with van der Waals surface area (Å²) in [6.07, 6.45) is 0. The van der Waals surface area contributed by atoms with Gasteiger partial charge in [-0.1, -0.05) is 147 Å². The monoisotopic (exact) mass is 596 g/mol. The largest absolute Gasteiger partial charge is 0.0616 e. The summed E-state index contributed by atoms with van der Waals surface area (Å²) < 4.78 is 0. The van der Waals surface area contributed by atoms with Crippen molar-refractivity contribution in [3.8, 4) is 33.4 Å². The van der Waals surface area contributed by atoms with Gasteiger partial charge in [0.15, 0.2) is 0 Å². The molecule has 0 atom stereocenters. The van der Waals surface area contributed by atoms with E-state index in [4.69, 9.17) is 0 Å². The van der Waals surface area contributed by atoms with Crippen LogP contribution in [-0.2, 0) is 5.41 Å². The third-order valence-electron chi connectivity index (χ3n) is 10.8. The van der Waals surface area contributed by atoms with Crippen molar-refractivity contribution >= 4 is 53.9 Å². The van der Waals surface area contributed by atoms with E-state index in [-0.39, 0.29) is 5.41 Å². The highest BCUT2D eigenvalue weighted by atomic mass is 14.4. The maximum Gasteiger partial charge on any atom is 0.0159 e. The molecule has 0 saturated carbocycles. The molecule has 0 bridgehead atoms. The Morgan fingerprint density at radius 1 is 0.319 bits per heavy atom. The van der Waals surface area contributed by atoms with E-state index in [1.54, 1.807) is 0 Å². The van der Waals surface area contributed by atoms with Crippen LogP contribution < -0.4 is 0 Å². The molecule has 9 aromatic carbocycles. The maximum atomic E-state index is 2.49. The summed E-state index contributed by atoms with van der Waals surface area (Å²) in [4.78, 5) is 0. The van der Waals surface area contributed by atoms with Crippen LogP contribution in [0.3, 0.4) is 0 Å². The first-order valence-electron chi connectivity index (χ1n) is 16.6. The molecule has 0 N–H and O–H groups in total. The molecule has 47 heavy (non-hydrogen) atoms. The van der Waals surface area contributed by atoms with Crippen LogP contribution in [0.25, 0.3) is 87.2 Å². The molecule has 0 heterocycles. The fraction of sp³-hybridized carbons (Fsp3) is 0.0638. The summed E-state index contributed by atoms with van der Waals surface area (Å²) in [5.74, 6) is 0. The predicted molar refractivity (Wildman–Crippen MR) is 202 cm³/mol. The molecule has 0 aliphatic heterocycles. The summed E-state index contributed by atoms with van der Waals surface area (Å²) in [5, 5.41) is 13.0. The van der Waals surface area contributed by atoms with Gasteiger partial charge in [0.2, 0.25) is 0 Å². The molecule has 1 aliphatic carbocycles. The Hall–Kier alpha value is -5.72. The van der Waals surface area contributed by atoms with Gasteiger partial charge in [-0.2, -0.15) is 0 Å². The van der Waals surface area contributed by atoms with Crippen molar-refractivity contribution in [2.24, 2.45) is 0 Å². The van der Waals surface area contributed by atoms with Gasteiger partial charge in [0.05, 0.1) is 0 Å². The van der Waals surface area contributed by atoms with Crippen molar-refractivity contribution in [1.29, 1.82) is 0 Å². The summed E-state index contributed by atoms with van der Waals surface area (Å²) >= 11 is 0. The minimum atomic E-state index is -0.0954. The molecule has 0 nitrogen and oxygen atoms in total. The lowest BCUT2D eigenvalue weighted by Crippen LogP contribution is -2.15. The van der Waals surface area contributed by atoms with Crippen molar-refractivity contribution in [3.05, 3.63) is 169 Å². The van der Waals surface area contributed by atoms with Crippen molar-refractivity contribution in [2.45, 2.75) is 19.3 Å². The minimum Gasteiger partial charge on any atom is -0.0616 e. The summed E-state index contributed by atoms with van der Waals surface area (Å²) in [5.41, 5.74) is 10.6. The average Bonchev–Trinajstić information content (AvgIpc) is 3.36. The van der Waals surface area contributed by atoms with Crippen LogP contribution >= 0.6 is 0 Å². The molecule has 220 valence electrons. The fourth-order valence-electron chi connectivity index (χ4n) is 8.46. The third kappa shape index (κ3) is 3.76. The lowest BCUT2D eigenvalue weighted by molar-refractivity contribution is 0.661. The van der Waals surface area contributed by atoms with Gasteiger partial charge in [-0.05, 0) is 123 Å². The maximum absolute atomic E-state index is 2.49. The van der Waals surface area contributed by atoms with E-state index < -0.39 is 0 Å². The SMILES string of the molecule is CC1(C)c2ccc3ccccc3c2-c2c1cc(-c1ccc3cc(-c4cc5ccccc5c5ccccc45)ccc3c1)c1ccccc21. The van der Waals surface area contributed by atoms with Gasteiger partial charge in [0, 0.05) is 5.41 Å². The molecule has 0 amide bonds. The van der Waals surface area contributed by atoms with E-state index in [0.717, 1.165) is 0 Å². The Morgan fingerprint density at radius 3 is 1.51 bits per heavy atom. The number of benzene rings is 9. The second-order valence-corrected chi connectivity index (χ2v) is 13.7. The summed E-state index contributed by atoms with van der Waals surface area (Å²) in [6.45, 7) is 4.78. The number of hydrogen-bond donors (Lipinski definition) is 0. The predicted octanol–water partition coefficient (Wildman–Crippen LogP) is 13.1. The van der Waals surface area contributed by atoms with Crippen LogP contribution in [0.15, 0.2) is 158 Å². The quantitative estimate of drug-likeness (QED) is 0.174. The molecule has 9 aromatic rings. The third-order valence-corrected chi connectivity index (χ3v) is 10.8. The topological polar surface area (TPSA) is 0 Å². The molecule has 0 radical (unpaired) electrons. The summed E-state index contributed by atoms with van der Waals surface area (Å²) in [7, 11) is 0. The van der Waals surface area contributed by atoms with Crippen LogP contribution in [0.5, 0.6) is 0 Å². The summed E-state index contributed by atoms with van der Waals surface area (Å²) in [6, 6.07) is 58.9. The highest BCUT2D eigenvalue weighted by Crippen LogP contribution is 2.55. The molecule has 0 heteroatoms. The van der Waals surface area contributed by atoms with Gasteiger partial charge in [0.1, 0.15) is 0 Å². The Labute approximate surface area is 274 Å². The molecule has 10 rings (SSSR count). The smallest absolute Gasteiger partial charge is 0.0159 e. The molecular formula is C47H32. The zero-order chi connectivity index (χ0) is 31.3. The van der Waals surface area contributed by atoms with Crippen molar-refractivity contribution < 1.29 is 0 Å².